The molecule has 2 aromatic rings. The Kier molecular flexibility index (Phi) is 4.86. The number of nitrogens with two attached hydrogens (primary N) is 1. The lowest BCUT2D eigenvalue weighted by molar-refractivity contribution is 0.1000. The van der Waals surface area contributed by atoms with Gasteiger partial charge in [-0.1, -0.05) is 30.7 Å². The van der Waals surface area contributed by atoms with E-state index in [1.165, 1.54) is 5.56 Å². The van der Waals surface area contributed by atoms with Crippen molar-refractivity contribution in [3.05, 3.63) is 64.2 Å². The van der Waals surface area contributed by atoms with E-state index in [0.29, 0.717) is 5.56 Å². The van der Waals surface area contributed by atoms with Gasteiger partial charge in [0, 0.05) is 16.3 Å². The maximum Gasteiger partial charge on any atom is 0.248 e. The number of amides is 1. The van der Waals surface area contributed by atoms with Crippen molar-refractivity contribution in [3.8, 4) is 0 Å². The molecule has 0 saturated carbocycles. The van der Waals surface area contributed by atoms with Crippen molar-refractivity contribution in [2.24, 2.45) is 5.73 Å². The van der Waals surface area contributed by atoms with Gasteiger partial charge in [-0.25, -0.2) is 0 Å². The Hall–Kier alpha value is -2.00. The summed E-state index contributed by atoms with van der Waals surface area (Å²) in [7, 11) is 0. The van der Waals surface area contributed by atoms with Gasteiger partial charge in [0.25, 0.3) is 0 Å². The summed E-state index contributed by atoms with van der Waals surface area (Å²) < 4.78 is 0. The van der Waals surface area contributed by atoms with Crippen LogP contribution in [0.5, 0.6) is 0 Å². The molecule has 1 amide bonds. The third kappa shape index (κ3) is 3.76. The molecule has 3 N–H and O–H groups in total. The van der Waals surface area contributed by atoms with Crippen molar-refractivity contribution >= 4 is 23.2 Å². The van der Waals surface area contributed by atoms with Crippen molar-refractivity contribution in [1.82, 2.24) is 0 Å². The summed E-state index contributed by atoms with van der Waals surface area (Å²) in [6.07, 6.45) is 0.943. The van der Waals surface area contributed by atoms with Gasteiger partial charge in [-0.05, 0) is 54.8 Å². The summed E-state index contributed by atoms with van der Waals surface area (Å²) in [6, 6.07) is 13.5. The van der Waals surface area contributed by atoms with Crippen LogP contribution in [-0.2, 0) is 0 Å². The number of carbonyl (C=O) groups excluding carboxylic acids is 1. The van der Waals surface area contributed by atoms with E-state index in [0.717, 1.165) is 22.7 Å². The molecule has 3 nitrogen and oxygen atoms in total. The maximum atomic E-state index is 11.2. The molecule has 0 aliphatic rings. The number of hydrogen-bond acceptors (Lipinski definition) is 2. The van der Waals surface area contributed by atoms with Crippen LogP contribution in [0.1, 0.15) is 40.9 Å². The number of carbonyl (C=O) groups is 1. The van der Waals surface area contributed by atoms with E-state index in [1.807, 2.05) is 37.3 Å². The molecule has 2 aromatic carbocycles. The lowest BCUT2D eigenvalue weighted by Gasteiger charge is -2.20. The molecule has 4 heteroatoms. The Morgan fingerprint density at radius 1 is 1.24 bits per heavy atom. The summed E-state index contributed by atoms with van der Waals surface area (Å²) in [5, 5.41) is 4.24. The minimum Gasteiger partial charge on any atom is -0.378 e. The van der Waals surface area contributed by atoms with Crippen LogP contribution in [0, 0.1) is 6.92 Å². The molecule has 0 radical (unpaired) electrons. The van der Waals surface area contributed by atoms with Gasteiger partial charge < -0.3 is 11.1 Å². The quantitative estimate of drug-likeness (QED) is 0.864. The SMILES string of the molecule is CCC(Nc1ccc(C(N)=O)cc1C)c1ccc(Cl)cc1. The maximum absolute atomic E-state index is 11.2. The summed E-state index contributed by atoms with van der Waals surface area (Å²) >= 11 is 5.93. The van der Waals surface area contributed by atoms with Gasteiger partial charge in [0.05, 0.1) is 6.04 Å². The van der Waals surface area contributed by atoms with Gasteiger partial charge in [-0.3, -0.25) is 4.79 Å². The fourth-order valence-corrected chi connectivity index (χ4v) is 2.41. The first-order valence-corrected chi connectivity index (χ1v) is 7.31. The fraction of sp³-hybridized carbons (Fsp3) is 0.235. The van der Waals surface area contributed by atoms with Crippen LogP contribution in [-0.4, -0.2) is 5.91 Å². The van der Waals surface area contributed by atoms with E-state index in [4.69, 9.17) is 17.3 Å². The average molecular weight is 303 g/mol. The van der Waals surface area contributed by atoms with E-state index >= 15 is 0 Å². The Morgan fingerprint density at radius 2 is 1.90 bits per heavy atom. The number of nitrogens with one attached hydrogen (secondary N) is 1. The van der Waals surface area contributed by atoms with Crippen molar-refractivity contribution in [2.45, 2.75) is 26.3 Å². The van der Waals surface area contributed by atoms with Crippen LogP contribution in [0.4, 0.5) is 5.69 Å². The molecule has 0 saturated heterocycles. The molecule has 0 bridgehead atoms. The minimum absolute atomic E-state index is 0.195. The summed E-state index contributed by atoms with van der Waals surface area (Å²) in [5.41, 5.74) is 9.00. The third-order valence-electron chi connectivity index (χ3n) is 3.52. The number of rotatable bonds is 5. The molecule has 2 rings (SSSR count). The highest BCUT2D eigenvalue weighted by Gasteiger charge is 2.11. The predicted octanol–water partition coefficient (Wildman–Crippen LogP) is 4.31. The lowest BCUT2D eigenvalue weighted by atomic mass is 10.0. The minimum atomic E-state index is -0.408. The van der Waals surface area contributed by atoms with E-state index < -0.39 is 5.91 Å². The second-order valence-electron chi connectivity index (χ2n) is 5.05. The number of primary amides is 1. The predicted molar refractivity (Wildman–Crippen MR) is 87.8 cm³/mol. The normalized spacial score (nSPS) is 12.0. The van der Waals surface area contributed by atoms with E-state index in [-0.39, 0.29) is 6.04 Å². The van der Waals surface area contributed by atoms with Crippen molar-refractivity contribution < 1.29 is 4.79 Å². The molecule has 1 atom stereocenters. The number of aryl methyl sites for hydroxylation is 1. The second-order valence-corrected chi connectivity index (χ2v) is 5.49. The molecule has 0 heterocycles. The van der Waals surface area contributed by atoms with Gasteiger partial charge in [-0.2, -0.15) is 0 Å². The number of hydrogen-bond donors (Lipinski definition) is 2. The van der Waals surface area contributed by atoms with Crippen LogP contribution in [0.15, 0.2) is 42.5 Å². The largest absolute Gasteiger partial charge is 0.378 e. The lowest BCUT2D eigenvalue weighted by Crippen LogP contribution is -2.13. The van der Waals surface area contributed by atoms with Gasteiger partial charge in [-0.15, -0.1) is 0 Å². The molecule has 0 aliphatic carbocycles. The van der Waals surface area contributed by atoms with Gasteiger partial charge in [0.1, 0.15) is 0 Å². The molecule has 0 aliphatic heterocycles. The molecule has 0 fully saturated rings. The monoisotopic (exact) mass is 302 g/mol. The van der Waals surface area contributed by atoms with Crippen LogP contribution < -0.4 is 11.1 Å². The molecule has 110 valence electrons. The second kappa shape index (κ2) is 6.64. The first kappa shape index (κ1) is 15.4. The van der Waals surface area contributed by atoms with Crippen LogP contribution in [0.3, 0.4) is 0 Å². The molecule has 0 aromatic heterocycles. The Labute approximate surface area is 130 Å². The molecule has 21 heavy (non-hydrogen) atoms. The first-order chi connectivity index (χ1) is 10.0. The van der Waals surface area contributed by atoms with Crippen LogP contribution >= 0.6 is 11.6 Å². The van der Waals surface area contributed by atoms with E-state index in [2.05, 4.69) is 12.2 Å². The molecule has 1 unspecified atom stereocenters. The Balaban J connectivity index is 2.22. The zero-order chi connectivity index (χ0) is 15.4. The Morgan fingerprint density at radius 3 is 2.43 bits per heavy atom. The van der Waals surface area contributed by atoms with Gasteiger partial charge >= 0.3 is 0 Å². The zero-order valence-corrected chi connectivity index (χ0v) is 12.9. The standard InChI is InChI=1S/C17H19ClN2O/c1-3-15(12-4-7-14(18)8-5-12)20-16-9-6-13(17(19)21)10-11(16)2/h4-10,15,20H,3H2,1-2H3,(H2,19,21). The van der Waals surface area contributed by atoms with Crippen molar-refractivity contribution in [2.75, 3.05) is 5.32 Å². The van der Waals surface area contributed by atoms with Crippen molar-refractivity contribution in [3.63, 3.8) is 0 Å². The van der Waals surface area contributed by atoms with Crippen LogP contribution in [0.2, 0.25) is 5.02 Å². The van der Waals surface area contributed by atoms with Crippen LogP contribution in [0.25, 0.3) is 0 Å². The topological polar surface area (TPSA) is 55.1 Å². The summed E-state index contributed by atoms with van der Waals surface area (Å²) in [5.74, 6) is -0.408. The molecular weight excluding hydrogens is 284 g/mol. The highest BCUT2D eigenvalue weighted by molar-refractivity contribution is 6.30. The summed E-state index contributed by atoms with van der Waals surface area (Å²) in [6.45, 7) is 4.09. The third-order valence-corrected chi connectivity index (χ3v) is 3.77. The van der Waals surface area contributed by atoms with Gasteiger partial charge in [0.2, 0.25) is 5.91 Å². The van der Waals surface area contributed by atoms with E-state index in [1.54, 1.807) is 12.1 Å². The smallest absolute Gasteiger partial charge is 0.248 e. The molecular formula is C17H19ClN2O. The fourth-order valence-electron chi connectivity index (χ4n) is 2.28. The van der Waals surface area contributed by atoms with Gasteiger partial charge in [0.15, 0.2) is 0 Å². The number of benzene rings is 2. The average Bonchev–Trinajstić information content (AvgIpc) is 2.47. The Bertz CT molecular complexity index is 638. The summed E-state index contributed by atoms with van der Waals surface area (Å²) in [4.78, 5) is 11.2. The zero-order valence-electron chi connectivity index (χ0n) is 12.2. The first-order valence-electron chi connectivity index (χ1n) is 6.93. The number of anilines is 1. The number of halogens is 1. The van der Waals surface area contributed by atoms with E-state index in [9.17, 15) is 4.79 Å². The molecule has 0 spiro atoms. The highest BCUT2D eigenvalue weighted by atomic mass is 35.5. The highest BCUT2D eigenvalue weighted by Crippen LogP contribution is 2.26. The van der Waals surface area contributed by atoms with Crippen molar-refractivity contribution in [1.29, 1.82) is 0 Å².